The Morgan fingerprint density at radius 3 is 2.25 bits per heavy atom. The van der Waals surface area contributed by atoms with Crippen LogP contribution in [0.25, 0.3) is 0 Å². The zero-order valence-corrected chi connectivity index (χ0v) is 8.35. The van der Waals surface area contributed by atoms with Gasteiger partial charge in [-0.2, -0.15) is 0 Å². The van der Waals surface area contributed by atoms with Crippen molar-refractivity contribution in [3.05, 3.63) is 11.8 Å². The van der Waals surface area contributed by atoms with Crippen molar-refractivity contribution >= 4 is 5.78 Å². The molecule has 0 aromatic carbocycles. The Bertz CT molecular complexity index is 185. The highest BCUT2D eigenvalue weighted by molar-refractivity contribution is 5.87. The molecule has 0 radical (unpaired) electrons. The average Bonchev–Trinajstić information content (AvgIpc) is 1.80. The van der Waals surface area contributed by atoms with Crippen molar-refractivity contribution in [1.82, 2.24) is 0 Å². The molecule has 2 nitrogen and oxygen atoms in total. The van der Waals surface area contributed by atoms with E-state index in [2.05, 4.69) is 20.8 Å². The van der Waals surface area contributed by atoms with Gasteiger partial charge in [-0.05, 0) is 18.8 Å². The minimum atomic E-state index is -0.0959. The van der Waals surface area contributed by atoms with Gasteiger partial charge < -0.3 is 5.11 Å². The molecule has 0 fully saturated rings. The lowest BCUT2D eigenvalue weighted by Crippen LogP contribution is -2.05. The standard InChI is InChI=1S/C10H18O2/c1-8(11)7-9(12)5-6-10(2,3)4/h7,12H,5-6H2,1-4H3. The summed E-state index contributed by atoms with van der Waals surface area (Å²) in [7, 11) is 0. The van der Waals surface area contributed by atoms with E-state index in [0.29, 0.717) is 6.42 Å². The van der Waals surface area contributed by atoms with Gasteiger partial charge in [0.1, 0.15) is 0 Å². The highest BCUT2D eigenvalue weighted by atomic mass is 16.3. The maximum Gasteiger partial charge on any atom is 0.155 e. The molecular formula is C10H18O2. The van der Waals surface area contributed by atoms with Crippen LogP contribution in [0.15, 0.2) is 11.8 Å². The van der Waals surface area contributed by atoms with E-state index in [1.165, 1.54) is 13.0 Å². The van der Waals surface area contributed by atoms with E-state index >= 15 is 0 Å². The van der Waals surface area contributed by atoms with Gasteiger partial charge in [0.25, 0.3) is 0 Å². The number of ketones is 1. The molecule has 0 amide bonds. The molecule has 0 heterocycles. The van der Waals surface area contributed by atoms with Crippen LogP contribution in [0.3, 0.4) is 0 Å². The fourth-order valence-corrected chi connectivity index (χ4v) is 0.810. The van der Waals surface area contributed by atoms with Crippen molar-refractivity contribution in [3.8, 4) is 0 Å². The number of aliphatic hydroxyl groups excluding tert-OH is 1. The summed E-state index contributed by atoms with van der Waals surface area (Å²) in [6.45, 7) is 7.75. The molecule has 0 saturated heterocycles. The second kappa shape index (κ2) is 4.29. The summed E-state index contributed by atoms with van der Waals surface area (Å²) < 4.78 is 0. The van der Waals surface area contributed by atoms with E-state index in [-0.39, 0.29) is 17.0 Å². The second-order valence-electron chi connectivity index (χ2n) is 4.31. The Labute approximate surface area is 74.3 Å². The van der Waals surface area contributed by atoms with Gasteiger partial charge in [-0.15, -0.1) is 0 Å². The van der Waals surface area contributed by atoms with Crippen LogP contribution in [0.1, 0.15) is 40.5 Å². The van der Waals surface area contributed by atoms with Gasteiger partial charge in [0, 0.05) is 12.5 Å². The Balaban J connectivity index is 3.87. The van der Waals surface area contributed by atoms with Crippen LogP contribution >= 0.6 is 0 Å². The zero-order valence-electron chi connectivity index (χ0n) is 8.35. The Kier molecular flexibility index (Phi) is 4.01. The van der Waals surface area contributed by atoms with E-state index in [1.54, 1.807) is 0 Å². The van der Waals surface area contributed by atoms with Crippen LogP contribution < -0.4 is 0 Å². The first-order chi connectivity index (χ1) is 5.31. The van der Waals surface area contributed by atoms with Crippen molar-refractivity contribution in [3.63, 3.8) is 0 Å². The fourth-order valence-electron chi connectivity index (χ4n) is 0.810. The Morgan fingerprint density at radius 2 is 1.92 bits per heavy atom. The van der Waals surface area contributed by atoms with Crippen LogP contribution in [-0.2, 0) is 4.79 Å². The lowest BCUT2D eigenvalue weighted by molar-refractivity contribution is -0.112. The summed E-state index contributed by atoms with van der Waals surface area (Å²) in [5.74, 6) is 0.0961. The van der Waals surface area contributed by atoms with Gasteiger partial charge in [0.2, 0.25) is 0 Å². The molecule has 0 unspecified atom stereocenters. The van der Waals surface area contributed by atoms with Gasteiger partial charge in [0.05, 0.1) is 5.76 Å². The SMILES string of the molecule is CC(=O)C=C(O)CCC(C)(C)C. The summed E-state index contributed by atoms with van der Waals surface area (Å²) in [5, 5.41) is 9.22. The third kappa shape index (κ3) is 7.32. The Morgan fingerprint density at radius 1 is 1.42 bits per heavy atom. The molecule has 0 aliphatic rings. The molecule has 70 valence electrons. The quantitative estimate of drug-likeness (QED) is 0.522. The largest absolute Gasteiger partial charge is 0.512 e. The van der Waals surface area contributed by atoms with E-state index in [0.717, 1.165) is 6.42 Å². The minimum absolute atomic E-state index is 0.0959. The zero-order chi connectivity index (χ0) is 9.78. The lowest BCUT2D eigenvalue weighted by atomic mass is 9.90. The van der Waals surface area contributed by atoms with Gasteiger partial charge >= 0.3 is 0 Å². The maximum atomic E-state index is 10.5. The normalized spacial score (nSPS) is 13.2. The molecule has 0 aliphatic heterocycles. The van der Waals surface area contributed by atoms with Crippen LogP contribution in [0.2, 0.25) is 0 Å². The van der Waals surface area contributed by atoms with Crippen molar-refractivity contribution < 1.29 is 9.90 Å². The molecule has 0 aromatic rings. The first kappa shape index (κ1) is 11.2. The number of allylic oxidation sites excluding steroid dienone is 2. The van der Waals surface area contributed by atoms with E-state index in [9.17, 15) is 9.90 Å². The van der Waals surface area contributed by atoms with Crippen LogP contribution in [0.4, 0.5) is 0 Å². The number of rotatable bonds is 3. The van der Waals surface area contributed by atoms with Crippen molar-refractivity contribution in [1.29, 1.82) is 0 Å². The van der Waals surface area contributed by atoms with E-state index < -0.39 is 0 Å². The van der Waals surface area contributed by atoms with Gasteiger partial charge in [-0.25, -0.2) is 0 Å². The minimum Gasteiger partial charge on any atom is -0.512 e. The van der Waals surface area contributed by atoms with Crippen LogP contribution in [0.5, 0.6) is 0 Å². The van der Waals surface area contributed by atoms with Crippen molar-refractivity contribution in [2.45, 2.75) is 40.5 Å². The molecule has 0 spiro atoms. The van der Waals surface area contributed by atoms with E-state index in [1.807, 2.05) is 0 Å². The first-order valence-electron chi connectivity index (χ1n) is 4.21. The van der Waals surface area contributed by atoms with Crippen molar-refractivity contribution in [2.24, 2.45) is 5.41 Å². The molecule has 0 saturated carbocycles. The third-order valence-electron chi connectivity index (χ3n) is 1.50. The lowest BCUT2D eigenvalue weighted by Gasteiger charge is -2.16. The summed E-state index contributed by atoms with van der Waals surface area (Å²) in [4.78, 5) is 10.5. The van der Waals surface area contributed by atoms with Crippen LogP contribution in [-0.4, -0.2) is 10.9 Å². The van der Waals surface area contributed by atoms with Gasteiger partial charge in [0.15, 0.2) is 5.78 Å². The second-order valence-corrected chi connectivity index (χ2v) is 4.31. The molecule has 12 heavy (non-hydrogen) atoms. The molecule has 0 aliphatic carbocycles. The van der Waals surface area contributed by atoms with E-state index in [4.69, 9.17) is 0 Å². The number of carbonyl (C=O) groups is 1. The highest BCUT2D eigenvalue weighted by Crippen LogP contribution is 2.22. The molecule has 2 heteroatoms. The number of hydrogen-bond acceptors (Lipinski definition) is 2. The highest BCUT2D eigenvalue weighted by Gasteiger charge is 2.10. The molecule has 0 rings (SSSR count). The average molecular weight is 170 g/mol. The first-order valence-corrected chi connectivity index (χ1v) is 4.21. The molecular weight excluding hydrogens is 152 g/mol. The maximum absolute atomic E-state index is 10.5. The molecule has 0 bridgehead atoms. The number of carbonyl (C=O) groups excluding carboxylic acids is 1. The molecule has 0 atom stereocenters. The summed E-state index contributed by atoms with van der Waals surface area (Å²) in [6.07, 6.45) is 2.76. The van der Waals surface area contributed by atoms with Gasteiger partial charge in [-0.3, -0.25) is 4.79 Å². The summed E-state index contributed by atoms with van der Waals surface area (Å²) >= 11 is 0. The monoisotopic (exact) mass is 170 g/mol. The number of hydrogen-bond donors (Lipinski definition) is 1. The molecule has 0 aromatic heterocycles. The van der Waals surface area contributed by atoms with Gasteiger partial charge in [-0.1, -0.05) is 20.8 Å². The number of aliphatic hydroxyl groups is 1. The smallest absolute Gasteiger partial charge is 0.155 e. The Hall–Kier alpha value is -0.790. The fraction of sp³-hybridized carbons (Fsp3) is 0.700. The topological polar surface area (TPSA) is 37.3 Å². The third-order valence-corrected chi connectivity index (χ3v) is 1.50. The summed E-state index contributed by atoms with van der Waals surface area (Å²) in [6, 6.07) is 0. The summed E-state index contributed by atoms with van der Waals surface area (Å²) in [5.41, 5.74) is 0.207. The molecule has 1 N–H and O–H groups in total. The van der Waals surface area contributed by atoms with Crippen LogP contribution in [0, 0.1) is 5.41 Å². The van der Waals surface area contributed by atoms with Crippen molar-refractivity contribution in [2.75, 3.05) is 0 Å². The predicted octanol–water partition coefficient (Wildman–Crippen LogP) is 2.84. The predicted molar refractivity (Wildman–Crippen MR) is 50.1 cm³/mol.